The summed E-state index contributed by atoms with van der Waals surface area (Å²) in [6, 6.07) is 12.6. The lowest BCUT2D eigenvalue weighted by molar-refractivity contribution is 0.628. The third-order valence-corrected chi connectivity index (χ3v) is 3.59. The highest BCUT2D eigenvalue weighted by atomic mass is 32.1. The van der Waals surface area contributed by atoms with Gasteiger partial charge < -0.3 is 0 Å². The third-order valence-electron chi connectivity index (χ3n) is 2.70. The summed E-state index contributed by atoms with van der Waals surface area (Å²) < 4.78 is 26.3. The Morgan fingerprint density at radius 3 is 2.16 bits per heavy atom. The summed E-state index contributed by atoms with van der Waals surface area (Å²) >= 11 is 1.41. The molecule has 3 aromatic rings. The highest BCUT2D eigenvalue weighted by Gasteiger charge is 2.07. The molecule has 0 aliphatic rings. The van der Waals surface area contributed by atoms with Gasteiger partial charge in [0.2, 0.25) is 0 Å². The molecule has 0 aliphatic carbocycles. The number of benzene rings is 2. The first kappa shape index (κ1) is 12.0. The van der Waals surface area contributed by atoms with Gasteiger partial charge in [0.05, 0.1) is 5.69 Å². The zero-order valence-corrected chi connectivity index (χ0v) is 10.6. The summed E-state index contributed by atoms with van der Waals surface area (Å²) in [4.78, 5) is 4.42. The Morgan fingerprint density at radius 1 is 0.842 bits per heavy atom. The zero-order valence-electron chi connectivity index (χ0n) is 9.81. The normalized spacial score (nSPS) is 10.6. The van der Waals surface area contributed by atoms with E-state index in [1.807, 2.05) is 5.38 Å². The number of thiazole rings is 1. The smallest absolute Gasteiger partial charge is 0.124 e. The van der Waals surface area contributed by atoms with Gasteiger partial charge in [0.1, 0.15) is 16.6 Å². The Bertz CT molecular complexity index is 661. The lowest BCUT2D eigenvalue weighted by Gasteiger charge is -1.97. The van der Waals surface area contributed by atoms with Crippen molar-refractivity contribution in [3.05, 3.63) is 65.5 Å². The SMILES string of the molecule is Fc1cccc(-c2csc(-c3cccc(F)c3)n2)c1. The highest BCUT2D eigenvalue weighted by Crippen LogP contribution is 2.29. The average molecular weight is 273 g/mol. The van der Waals surface area contributed by atoms with Gasteiger partial charge in [-0.3, -0.25) is 0 Å². The van der Waals surface area contributed by atoms with E-state index in [0.717, 1.165) is 16.1 Å². The van der Waals surface area contributed by atoms with Crippen molar-refractivity contribution in [2.24, 2.45) is 0 Å². The van der Waals surface area contributed by atoms with E-state index in [-0.39, 0.29) is 11.6 Å². The standard InChI is InChI=1S/C15H9F2NS/c16-12-5-1-3-10(7-12)14-9-19-15(18-14)11-4-2-6-13(17)8-11/h1-9H. The van der Waals surface area contributed by atoms with Crippen molar-refractivity contribution in [2.45, 2.75) is 0 Å². The van der Waals surface area contributed by atoms with Crippen LogP contribution in [0.4, 0.5) is 8.78 Å². The van der Waals surface area contributed by atoms with Gasteiger partial charge in [-0.1, -0.05) is 24.3 Å². The number of hydrogen-bond donors (Lipinski definition) is 0. The van der Waals surface area contributed by atoms with Crippen LogP contribution in [0.3, 0.4) is 0 Å². The van der Waals surface area contributed by atoms with E-state index in [2.05, 4.69) is 4.98 Å². The molecule has 0 saturated heterocycles. The number of aromatic nitrogens is 1. The van der Waals surface area contributed by atoms with Crippen LogP contribution in [0, 0.1) is 11.6 Å². The van der Waals surface area contributed by atoms with Crippen molar-refractivity contribution in [2.75, 3.05) is 0 Å². The molecule has 0 fully saturated rings. The maximum atomic E-state index is 13.2. The molecule has 0 aliphatic heterocycles. The van der Waals surface area contributed by atoms with Gasteiger partial charge in [0.15, 0.2) is 0 Å². The molecule has 0 amide bonds. The molecule has 3 rings (SSSR count). The van der Waals surface area contributed by atoms with Crippen LogP contribution in [0.5, 0.6) is 0 Å². The van der Waals surface area contributed by atoms with E-state index < -0.39 is 0 Å². The fraction of sp³-hybridized carbons (Fsp3) is 0. The summed E-state index contributed by atoms with van der Waals surface area (Å²) in [5.41, 5.74) is 2.15. The fourth-order valence-corrected chi connectivity index (χ4v) is 2.63. The molecule has 0 unspecified atom stereocenters. The molecule has 0 saturated carbocycles. The largest absolute Gasteiger partial charge is 0.236 e. The van der Waals surface area contributed by atoms with Gasteiger partial charge in [-0.2, -0.15) is 0 Å². The van der Waals surface area contributed by atoms with Crippen molar-refractivity contribution in [3.63, 3.8) is 0 Å². The molecule has 0 radical (unpaired) electrons. The summed E-state index contributed by atoms with van der Waals surface area (Å²) in [6.45, 7) is 0. The van der Waals surface area contributed by atoms with Crippen LogP contribution in [-0.2, 0) is 0 Å². The predicted molar refractivity (Wildman–Crippen MR) is 72.9 cm³/mol. The van der Waals surface area contributed by atoms with E-state index in [9.17, 15) is 8.78 Å². The molecule has 1 nitrogen and oxygen atoms in total. The maximum absolute atomic E-state index is 13.2. The molecular weight excluding hydrogens is 264 g/mol. The number of halogens is 2. The lowest BCUT2D eigenvalue weighted by atomic mass is 10.2. The van der Waals surface area contributed by atoms with Crippen molar-refractivity contribution >= 4 is 11.3 Å². The Kier molecular flexibility index (Phi) is 3.09. The Morgan fingerprint density at radius 2 is 1.47 bits per heavy atom. The molecule has 1 aromatic heterocycles. The Balaban J connectivity index is 2.00. The highest BCUT2D eigenvalue weighted by molar-refractivity contribution is 7.13. The average Bonchev–Trinajstić information content (AvgIpc) is 2.88. The fourth-order valence-electron chi connectivity index (χ4n) is 1.81. The molecular formula is C15H9F2NS. The van der Waals surface area contributed by atoms with Crippen molar-refractivity contribution < 1.29 is 8.78 Å². The second kappa shape index (κ2) is 4.90. The summed E-state index contributed by atoms with van der Waals surface area (Å²) in [6.07, 6.45) is 0. The summed E-state index contributed by atoms with van der Waals surface area (Å²) in [7, 11) is 0. The molecule has 1 heterocycles. The minimum absolute atomic E-state index is 0.292. The number of rotatable bonds is 2. The lowest BCUT2D eigenvalue weighted by Crippen LogP contribution is -1.82. The Hall–Kier alpha value is -2.07. The van der Waals surface area contributed by atoms with Crippen LogP contribution < -0.4 is 0 Å². The van der Waals surface area contributed by atoms with Crippen molar-refractivity contribution in [1.82, 2.24) is 4.98 Å². The van der Waals surface area contributed by atoms with Crippen LogP contribution >= 0.6 is 11.3 Å². The van der Waals surface area contributed by atoms with Crippen LogP contribution in [0.1, 0.15) is 0 Å². The van der Waals surface area contributed by atoms with Crippen molar-refractivity contribution in [3.8, 4) is 21.8 Å². The maximum Gasteiger partial charge on any atom is 0.124 e. The first-order valence-electron chi connectivity index (χ1n) is 5.70. The van der Waals surface area contributed by atoms with E-state index in [1.54, 1.807) is 24.3 Å². The molecule has 0 N–H and O–H groups in total. The number of nitrogens with zero attached hydrogens (tertiary/aromatic N) is 1. The zero-order chi connectivity index (χ0) is 13.2. The van der Waals surface area contributed by atoms with Gasteiger partial charge in [-0.05, 0) is 24.3 Å². The molecule has 19 heavy (non-hydrogen) atoms. The molecule has 0 bridgehead atoms. The van der Waals surface area contributed by atoms with Gasteiger partial charge in [-0.25, -0.2) is 13.8 Å². The van der Waals surface area contributed by atoms with Crippen LogP contribution in [0.15, 0.2) is 53.9 Å². The topological polar surface area (TPSA) is 12.9 Å². The monoisotopic (exact) mass is 273 g/mol. The van der Waals surface area contributed by atoms with E-state index >= 15 is 0 Å². The van der Waals surface area contributed by atoms with Crippen molar-refractivity contribution in [1.29, 1.82) is 0 Å². The van der Waals surface area contributed by atoms with Crippen LogP contribution in [-0.4, -0.2) is 4.98 Å². The van der Waals surface area contributed by atoms with Crippen LogP contribution in [0.25, 0.3) is 21.8 Å². The molecule has 2 aromatic carbocycles. The molecule has 94 valence electrons. The van der Waals surface area contributed by atoms with Gasteiger partial charge in [0.25, 0.3) is 0 Å². The minimum atomic E-state index is -0.294. The quantitative estimate of drug-likeness (QED) is 0.656. The predicted octanol–water partition coefficient (Wildman–Crippen LogP) is 4.76. The minimum Gasteiger partial charge on any atom is -0.236 e. The molecule has 0 atom stereocenters. The van der Waals surface area contributed by atoms with Crippen LogP contribution in [0.2, 0.25) is 0 Å². The summed E-state index contributed by atoms with van der Waals surface area (Å²) in [5.74, 6) is -0.585. The van der Waals surface area contributed by atoms with E-state index in [0.29, 0.717) is 5.69 Å². The summed E-state index contributed by atoms with van der Waals surface area (Å²) in [5, 5.41) is 2.56. The number of hydrogen-bond acceptors (Lipinski definition) is 2. The van der Waals surface area contributed by atoms with E-state index in [4.69, 9.17) is 0 Å². The Labute approximate surface area is 113 Å². The molecule has 0 spiro atoms. The second-order valence-corrected chi connectivity index (χ2v) is 4.92. The van der Waals surface area contributed by atoms with Gasteiger partial charge >= 0.3 is 0 Å². The first-order chi connectivity index (χ1) is 9.22. The first-order valence-corrected chi connectivity index (χ1v) is 6.58. The second-order valence-electron chi connectivity index (χ2n) is 4.06. The molecule has 4 heteroatoms. The van der Waals surface area contributed by atoms with E-state index in [1.165, 1.54) is 35.6 Å². The third kappa shape index (κ3) is 2.53. The van der Waals surface area contributed by atoms with Gasteiger partial charge in [0, 0.05) is 16.5 Å². The van der Waals surface area contributed by atoms with Gasteiger partial charge in [-0.15, -0.1) is 11.3 Å².